The second-order valence-electron chi connectivity index (χ2n) is 6.70. The molecule has 0 saturated carbocycles. The van der Waals surface area contributed by atoms with Crippen LogP contribution in [0.2, 0.25) is 0 Å². The lowest BCUT2D eigenvalue weighted by molar-refractivity contribution is 0.156. The molecule has 1 saturated heterocycles. The molecule has 1 aromatic rings. The third-order valence-electron chi connectivity index (χ3n) is 4.60. The van der Waals surface area contributed by atoms with Crippen molar-refractivity contribution in [2.75, 3.05) is 6.54 Å². The third-order valence-corrected chi connectivity index (χ3v) is 5.63. The Morgan fingerprint density at radius 2 is 2.11 bits per heavy atom. The average molecular weight is 328 g/mol. The minimum absolute atomic E-state index is 0.189. The van der Waals surface area contributed by atoms with Crippen LogP contribution in [0.5, 0.6) is 0 Å². The summed E-state index contributed by atoms with van der Waals surface area (Å²) in [4.78, 5) is 0. The quantitative estimate of drug-likeness (QED) is 0.917. The molecule has 4 heteroatoms. The van der Waals surface area contributed by atoms with Crippen molar-refractivity contribution in [3.63, 3.8) is 0 Å². The molecule has 0 aliphatic carbocycles. The molecule has 1 unspecified atom stereocenters. The van der Waals surface area contributed by atoms with Crippen molar-refractivity contribution in [1.82, 2.24) is 15.1 Å². The maximum absolute atomic E-state index is 4.63. The van der Waals surface area contributed by atoms with E-state index in [2.05, 4.69) is 65.6 Å². The van der Waals surface area contributed by atoms with Crippen molar-refractivity contribution in [3.8, 4) is 0 Å². The zero-order valence-electron chi connectivity index (χ0n) is 12.8. The molecule has 2 rings (SSSR count). The highest BCUT2D eigenvalue weighted by Gasteiger charge is 2.44. The van der Waals surface area contributed by atoms with Gasteiger partial charge in [-0.2, -0.15) is 5.10 Å². The highest BCUT2D eigenvalue weighted by molar-refractivity contribution is 9.10. The van der Waals surface area contributed by atoms with Crippen molar-refractivity contribution in [1.29, 1.82) is 0 Å². The van der Waals surface area contributed by atoms with Crippen LogP contribution in [-0.2, 0) is 13.0 Å². The van der Waals surface area contributed by atoms with E-state index in [0.717, 1.165) is 25.2 Å². The van der Waals surface area contributed by atoms with E-state index in [9.17, 15) is 0 Å². The van der Waals surface area contributed by atoms with Crippen molar-refractivity contribution in [2.45, 2.75) is 66.0 Å². The van der Waals surface area contributed by atoms with Crippen LogP contribution in [-0.4, -0.2) is 21.9 Å². The number of aryl methyl sites for hydroxylation is 2. The Labute approximate surface area is 125 Å². The predicted molar refractivity (Wildman–Crippen MR) is 83.5 cm³/mol. The normalized spacial score (nSPS) is 24.1. The standard InChI is InChI=1S/C15H26BrN3/c1-6-19-12(13(16)11(2)18-19)10-15(14(3,4)5)8-7-9-17-15/h17H,6-10H2,1-5H3. The molecule has 108 valence electrons. The monoisotopic (exact) mass is 327 g/mol. The highest BCUT2D eigenvalue weighted by Crippen LogP contribution is 2.41. The van der Waals surface area contributed by atoms with Crippen LogP contribution in [0.15, 0.2) is 4.47 Å². The van der Waals surface area contributed by atoms with Gasteiger partial charge < -0.3 is 5.32 Å². The summed E-state index contributed by atoms with van der Waals surface area (Å²) < 4.78 is 3.33. The topological polar surface area (TPSA) is 29.9 Å². The van der Waals surface area contributed by atoms with Gasteiger partial charge in [0, 0.05) is 18.5 Å². The number of aromatic nitrogens is 2. The molecule has 1 aromatic heterocycles. The van der Waals surface area contributed by atoms with Crippen LogP contribution in [0.1, 0.15) is 51.9 Å². The van der Waals surface area contributed by atoms with Crippen LogP contribution in [0.25, 0.3) is 0 Å². The molecule has 0 radical (unpaired) electrons. The largest absolute Gasteiger partial charge is 0.310 e. The second kappa shape index (κ2) is 5.21. The first-order valence-electron chi connectivity index (χ1n) is 7.27. The van der Waals surface area contributed by atoms with Gasteiger partial charge in [0.25, 0.3) is 0 Å². The molecule has 1 atom stereocenters. The van der Waals surface area contributed by atoms with Gasteiger partial charge in [-0.1, -0.05) is 20.8 Å². The summed E-state index contributed by atoms with van der Waals surface area (Å²) in [6.07, 6.45) is 3.57. The number of halogens is 1. The van der Waals surface area contributed by atoms with E-state index < -0.39 is 0 Å². The maximum atomic E-state index is 4.63. The average Bonchev–Trinajstić information content (AvgIpc) is 2.90. The Bertz CT molecular complexity index is 451. The van der Waals surface area contributed by atoms with Crippen molar-refractivity contribution < 1.29 is 0 Å². The maximum Gasteiger partial charge on any atom is 0.0738 e. The zero-order chi connectivity index (χ0) is 14.3. The lowest BCUT2D eigenvalue weighted by Crippen LogP contribution is -2.53. The Hall–Kier alpha value is -0.350. The van der Waals surface area contributed by atoms with Crippen LogP contribution in [0.4, 0.5) is 0 Å². The van der Waals surface area contributed by atoms with E-state index in [1.54, 1.807) is 0 Å². The van der Waals surface area contributed by atoms with Crippen LogP contribution < -0.4 is 5.32 Å². The van der Waals surface area contributed by atoms with Gasteiger partial charge in [0.05, 0.1) is 15.9 Å². The van der Waals surface area contributed by atoms with Crippen LogP contribution in [0, 0.1) is 12.3 Å². The van der Waals surface area contributed by atoms with Gasteiger partial charge in [0.2, 0.25) is 0 Å². The minimum Gasteiger partial charge on any atom is -0.310 e. The van der Waals surface area contributed by atoms with Crippen molar-refractivity contribution in [3.05, 3.63) is 15.9 Å². The Balaban J connectivity index is 2.38. The Morgan fingerprint density at radius 3 is 2.58 bits per heavy atom. The van der Waals surface area contributed by atoms with E-state index >= 15 is 0 Å². The van der Waals surface area contributed by atoms with Gasteiger partial charge in [-0.15, -0.1) is 0 Å². The number of hydrogen-bond donors (Lipinski definition) is 1. The third kappa shape index (κ3) is 2.62. The number of nitrogens with zero attached hydrogens (tertiary/aromatic N) is 2. The Morgan fingerprint density at radius 1 is 1.42 bits per heavy atom. The smallest absolute Gasteiger partial charge is 0.0738 e. The first-order valence-corrected chi connectivity index (χ1v) is 8.07. The number of rotatable bonds is 3. The summed E-state index contributed by atoms with van der Waals surface area (Å²) in [5.74, 6) is 0. The predicted octanol–water partition coefficient (Wildman–Crippen LogP) is 3.68. The van der Waals surface area contributed by atoms with Crippen molar-refractivity contribution in [2.24, 2.45) is 5.41 Å². The summed E-state index contributed by atoms with van der Waals surface area (Å²) in [6, 6.07) is 0. The number of nitrogens with one attached hydrogen (secondary N) is 1. The Kier molecular flexibility index (Phi) is 4.12. The highest BCUT2D eigenvalue weighted by atomic mass is 79.9. The first-order chi connectivity index (χ1) is 8.81. The molecule has 2 heterocycles. The summed E-state index contributed by atoms with van der Waals surface area (Å²) in [5.41, 5.74) is 2.87. The van der Waals surface area contributed by atoms with Gasteiger partial charge in [-0.25, -0.2) is 0 Å². The molecule has 19 heavy (non-hydrogen) atoms. The van der Waals surface area contributed by atoms with Gasteiger partial charge in [-0.05, 0) is 54.6 Å². The second-order valence-corrected chi connectivity index (χ2v) is 7.49. The molecule has 1 aliphatic rings. The van der Waals surface area contributed by atoms with E-state index in [1.807, 2.05) is 0 Å². The summed E-state index contributed by atoms with van der Waals surface area (Å²) in [6.45, 7) is 13.3. The molecule has 1 fully saturated rings. The fourth-order valence-electron chi connectivity index (χ4n) is 3.19. The van der Waals surface area contributed by atoms with Crippen LogP contribution >= 0.6 is 15.9 Å². The van der Waals surface area contributed by atoms with E-state index in [0.29, 0.717) is 0 Å². The molecule has 3 nitrogen and oxygen atoms in total. The molecule has 0 amide bonds. The van der Waals surface area contributed by atoms with Gasteiger partial charge in [0.15, 0.2) is 0 Å². The molecule has 0 aromatic carbocycles. The first kappa shape index (κ1) is 15.0. The molecule has 1 N–H and O–H groups in total. The van der Waals surface area contributed by atoms with Crippen molar-refractivity contribution >= 4 is 15.9 Å². The van der Waals surface area contributed by atoms with E-state index in [-0.39, 0.29) is 11.0 Å². The SMILES string of the molecule is CCn1nc(C)c(Br)c1CC1(C(C)(C)C)CCCN1. The fraction of sp³-hybridized carbons (Fsp3) is 0.800. The lowest BCUT2D eigenvalue weighted by Gasteiger charge is -2.42. The van der Waals surface area contributed by atoms with E-state index in [1.165, 1.54) is 23.0 Å². The van der Waals surface area contributed by atoms with Gasteiger partial charge >= 0.3 is 0 Å². The molecule has 0 bridgehead atoms. The molecule has 0 spiro atoms. The van der Waals surface area contributed by atoms with E-state index in [4.69, 9.17) is 0 Å². The molecule has 1 aliphatic heterocycles. The number of hydrogen-bond acceptors (Lipinski definition) is 2. The van der Waals surface area contributed by atoms with Gasteiger partial charge in [0.1, 0.15) is 0 Å². The summed E-state index contributed by atoms with van der Waals surface area (Å²) in [7, 11) is 0. The summed E-state index contributed by atoms with van der Waals surface area (Å²) >= 11 is 3.73. The zero-order valence-corrected chi connectivity index (χ0v) is 14.4. The van der Waals surface area contributed by atoms with Gasteiger partial charge in [-0.3, -0.25) is 4.68 Å². The van der Waals surface area contributed by atoms with Crippen LogP contribution in [0.3, 0.4) is 0 Å². The molecular formula is C15H26BrN3. The molecular weight excluding hydrogens is 302 g/mol. The minimum atomic E-state index is 0.189. The summed E-state index contributed by atoms with van der Waals surface area (Å²) in [5, 5.41) is 8.41. The fourth-order valence-corrected chi connectivity index (χ4v) is 3.61. The lowest BCUT2D eigenvalue weighted by atomic mass is 9.70.